The van der Waals surface area contributed by atoms with Gasteiger partial charge >= 0.3 is 12.1 Å². The number of carbonyl (C=O) groups is 2. The van der Waals surface area contributed by atoms with Crippen molar-refractivity contribution in [2.45, 2.75) is 38.1 Å². The maximum Gasteiger partial charge on any atom is 0.407 e. The first-order valence-electron chi connectivity index (χ1n) is 9.31. The minimum absolute atomic E-state index is 0.0274. The second-order valence-electron chi connectivity index (χ2n) is 7.88. The lowest BCUT2D eigenvalue weighted by Gasteiger charge is -2.19. The number of carboxylic acids is 1. The van der Waals surface area contributed by atoms with E-state index in [1.165, 1.54) is 0 Å². The fourth-order valence-corrected chi connectivity index (χ4v) is 3.89. The van der Waals surface area contributed by atoms with E-state index in [-0.39, 0.29) is 17.9 Å². The monoisotopic (exact) mass is 365 g/mol. The Morgan fingerprint density at radius 2 is 1.67 bits per heavy atom. The number of alkyl carbamates (subject to hydrolysis) is 1. The zero-order valence-corrected chi connectivity index (χ0v) is 15.3. The molecule has 1 amide bonds. The normalized spacial score (nSPS) is 17.5. The number of benzene rings is 2. The van der Waals surface area contributed by atoms with E-state index in [0.717, 1.165) is 35.1 Å². The predicted molar refractivity (Wildman–Crippen MR) is 102 cm³/mol. The van der Waals surface area contributed by atoms with Crippen LogP contribution in [0.1, 0.15) is 43.2 Å². The molecular formula is C22H23NO4. The minimum Gasteiger partial charge on any atom is -0.480 e. The Bertz CT molecular complexity index is 842. The van der Waals surface area contributed by atoms with Gasteiger partial charge in [0.1, 0.15) is 12.6 Å². The highest BCUT2D eigenvalue weighted by Crippen LogP contribution is 2.49. The molecule has 0 spiro atoms. The summed E-state index contributed by atoms with van der Waals surface area (Å²) in [6.07, 6.45) is 1.77. The van der Waals surface area contributed by atoms with Gasteiger partial charge < -0.3 is 15.2 Å². The SMILES string of the molecule is CC1(C[C@H](NC(=O)OCC2c3ccccc3-c3ccccc32)C(=O)O)CC1. The van der Waals surface area contributed by atoms with Crippen molar-refractivity contribution in [3.8, 4) is 11.1 Å². The van der Waals surface area contributed by atoms with E-state index in [2.05, 4.69) is 29.6 Å². The van der Waals surface area contributed by atoms with Gasteiger partial charge in [0, 0.05) is 5.92 Å². The van der Waals surface area contributed by atoms with Crippen LogP contribution in [-0.2, 0) is 9.53 Å². The molecule has 1 saturated carbocycles. The van der Waals surface area contributed by atoms with Gasteiger partial charge in [0.15, 0.2) is 0 Å². The van der Waals surface area contributed by atoms with Crippen molar-refractivity contribution in [3.05, 3.63) is 59.7 Å². The summed E-state index contributed by atoms with van der Waals surface area (Å²) in [4.78, 5) is 23.7. The minimum atomic E-state index is -1.02. The molecular weight excluding hydrogens is 342 g/mol. The van der Waals surface area contributed by atoms with Crippen LogP contribution in [0, 0.1) is 5.41 Å². The molecule has 2 aromatic carbocycles. The number of nitrogens with one attached hydrogen (secondary N) is 1. The summed E-state index contributed by atoms with van der Waals surface area (Å²) < 4.78 is 5.44. The Kier molecular flexibility index (Phi) is 4.38. The predicted octanol–water partition coefficient (Wildman–Crippen LogP) is 4.17. The van der Waals surface area contributed by atoms with E-state index < -0.39 is 18.1 Å². The van der Waals surface area contributed by atoms with Gasteiger partial charge in [-0.1, -0.05) is 55.5 Å². The second-order valence-corrected chi connectivity index (χ2v) is 7.88. The number of rotatable bonds is 6. The van der Waals surface area contributed by atoms with E-state index in [1.807, 2.05) is 31.2 Å². The number of fused-ring (bicyclic) bond motifs is 3. The summed E-state index contributed by atoms with van der Waals surface area (Å²) in [6, 6.07) is 15.3. The maximum atomic E-state index is 12.2. The Labute approximate surface area is 158 Å². The fourth-order valence-electron chi connectivity index (χ4n) is 3.89. The Morgan fingerprint density at radius 1 is 1.11 bits per heavy atom. The van der Waals surface area contributed by atoms with E-state index in [9.17, 15) is 14.7 Å². The van der Waals surface area contributed by atoms with E-state index >= 15 is 0 Å². The van der Waals surface area contributed by atoms with Crippen LogP contribution in [0.25, 0.3) is 11.1 Å². The van der Waals surface area contributed by atoms with Gasteiger partial charge in [0.05, 0.1) is 0 Å². The Balaban J connectivity index is 1.44. The number of carboxylic acid groups (broad SMARTS) is 1. The first-order valence-corrected chi connectivity index (χ1v) is 9.31. The van der Waals surface area contributed by atoms with Crippen LogP contribution in [0.4, 0.5) is 4.79 Å². The van der Waals surface area contributed by atoms with Gasteiger partial charge in [-0.25, -0.2) is 9.59 Å². The van der Waals surface area contributed by atoms with Crippen LogP contribution in [0.2, 0.25) is 0 Å². The number of hydrogen-bond acceptors (Lipinski definition) is 3. The number of ether oxygens (including phenoxy) is 1. The lowest BCUT2D eigenvalue weighted by atomic mass is 9.98. The third-order valence-electron chi connectivity index (χ3n) is 5.73. The van der Waals surface area contributed by atoms with Crippen LogP contribution in [-0.4, -0.2) is 29.8 Å². The molecule has 27 heavy (non-hydrogen) atoms. The molecule has 140 valence electrons. The maximum absolute atomic E-state index is 12.2. The van der Waals surface area contributed by atoms with Gasteiger partial charge in [-0.05, 0) is 46.9 Å². The molecule has 2 aliphatic rings. The molecule has 1 atom stereocenters. The average Bonchev–Trinajstić information content (AvgIpc) is 3.30. The number of carbonyl (C=O) groups excluding carboxylic acids is 1. The molecule has 0 heterocycles. The van der Waals surface area contributed by atoms with Crippen molar-refractivity contribution in [3.63, 3.8) is 0 Å². The zero-order valence-electron chi connectivity index (χ0n) is 15.3. The molecule has 0 aliphatic heterocycles. The summed E-state index contributed by atoms with van der Waals surface area (Å²) in [6.45, 7) is 2.23. The number of aliphatic carboxylic acids is 1. The second kappa shape index (κ2) is 6.72. The highest BCUT2D eigenvalue weighted by atomic mass is 16.5. The van der Waals surface area contributed by atoms with Crippen molar-refractivity contribution >= 4 is 12.1 Å². The van der Waals surface area contributed by atoms with Crippen LogP contribution >= 0.6 is 0 Å². The van der Waals surface area contributed by atoms with Gasteiger partial charge in [0.25, 0.3) is 0 Å². The first kappa shape index (κ1) is 17.6. The molecule has 5 nitrogen and oxygen atoms in total. The molecule has 2 N–H and O–H groups in total. The smallest absolute Gasteiger partial charge is 0.407 e. The molecule has 2 aromatic rings. The highest BCUT2D eigenvalue weighted by molar-refractivity contribution is 5.81. The molecule has 0 aromatic heterocycles. The molecule has 2 aliphatic carbocycles. The lowest BCUT2D eigenvalue weighted by molar-refractivity contribution is -0.139. The molecule has 0 radical (unpaired) electrons. The summed E-state index contributed by atoms with van der Waals surface area (Å²) in [5, 5.41) is 11.9. The third kappa shape index (κ3) is 3.54. The van der Waals surface area contributed by atoms with Gasteiger partial charge in [-0.2, -0.15) is 0 Å². The van der Waals surface area contributed by atoms with Gasteiger partial charge in [-0.15, -0.1) is 0 Å². The molecule has 0 bridgehead atoms. The van der Waals surface area contributed by atoms with E-state index in [0.29, 0.717) is 6.42 Å². The van der Waals surface area contributed by atoms with Crippen molar-refractivity contribution in [1.82, 2.24) is 5.32 Å². The zero-order chi connectivity index (χ0) is 19.0. The topological polar surface area (TPSA) is 75.6 Å². The van der Waals surface area contributed by atoms with E-state index in [4.69, 9.17) is 4.74 Å². The van der Waals surface area contributed by atoms with Crippen molar-refractivity contribution in [2.75, 3.05) is 6.61 Å². The fraction of sp³-hybridized carbons (Fsp3) is 0.364. The summed E-state index contributed by atoms with van der Waals surface area (Å²) in [5.74, 6) is -1.05. The van der Waals surface area contributed by atoms with Crippen LogP contribution in [0.3, 0.4) is 0 Å². The Hall–Kier alpha value is -2.82. The molecule has 1 fully saturated rings. The van der Waals surface area contributed by atoms with Crippen molar-refractivity contribution in [1.29, 1.82) is 0 Å². The van der Waals surface area contributed by atoms with Crippen molar-refractivity contribution in [2.24, 2.45) is 5.41 Å². The average molecular weight is 365 g/mol. The number of hydrogen-bond donors (Lipinski definition) is 2. The largest absolute Gasteiger partial charge is 0.480 e. The van der Waals surface area contributed by atoms with Crippen LogP contribution in [0.15, 0.2) is 48.5 Å². The standard InChI is InChI=1S/C22H23NO4/c1-22(10-11-22)12-19(20(24)25)23-21(26)27-13-18-16-8-4-2-6-14(16)15-7-3-5-9-17(15)18/h2-9,18-19H,10-13H2,1H3,(H,23,26)(H,24,25)/t19-/m0/s1. The molecule has 4 rings (SSSR count). The van der Waals surface area contributed by atoms with Gasteiger partial charge in [0.2, 0.25) is 0 Å². The molecule has 5 heteroatoms. The van der Waals surface area contributed by atoms with Crippen LogP contribution in [0.5, 0.6) is 0 Å². The highest BCUT2D eigenvalue weighted by Gasteiger charge is 2.41. The van der Waals surface area contributed by atoms with E-state index in [1.54, 1.807) is 0 Å². The van der Waals surface area contributed by atoms with Gasteiger partial charge in [-0.3, -0.25) is 0 Å². The molecule has 0 unspecified atom stereocenters. The van der Waals surface area contributed by atoms with Crippen molar-refractivity contribution < 1.29 is 19.4 Å². The summed E-state index contributed by atoms with van der Waals surface area (Å²) in [7, 11) is 0. The first-order chi connectivity index (χ1) is 13.0. The summed E-state index contributed by atoms with van der Waals surface area (Å²) >= 11 is 0. The third-order valence-corrected chi connectivity index (χ3v) is 5.73. The summed E-state index contributed by atoms with van der Waals surface area (Å²) in [5.41, 5.74) is 4.61. The molecule has 0 saturated heterocycles. The number of amides is 1. The Morgan fingerprint density at radius 3 is 2.19 bits per heavy atom. The quantitative estimate of drug-likeness (QED) is 0.806. The van der Waals surface area contributed by atoms with Crippen LogP contribution < -0.4 is 5.32 Å². The lowest BCUT2D eigenvalue weighted by Crippen LogP contribution is -2.42.